The number of hydrogen-bond acceptors (Lipinski definition) is 8. The summed E-state index contributed by atoms with van der Waals surface area (Å²) in [6, 6.07) is 7.25. The lowest BCUT2D eigenvalue weighted by Crippen LogP contribution is -2.33. The summed E-state index contributed by atoms with van der Waals surface area (Å²) in [5.74, 6) is -0.637. The van der Waals surface area contributed by atoms with Crippen molar-refractivity contribution in [1.82, 2.24) is 9.78 Å². The van der Waals surface area contributed by atoms with Gasteiger partial charge in [-0.2, -0.15) is 4.68 Å². The highest BCUT2D eigenvalue weighted by Gasteiger charge is 2.26. The molecule has 1 aliphatic rings. The van der Waals surface area contributed by atoms with Crippen LogP contribution in [0, 0.1) is 15.9 Å². The second-order valence-corrected chi connectivity index (χ2v) is 6.92. The third kappa shape index (κ3) is 4.00. The van der Waals surface area contributed by atoms with Gasteiger partial charge in [-0.25, -0.2) is 9.18 Å². The Labute approximate surface area is 169 Å². The van der Waals surface area contributed by atoms with Crippen LogP contribution < -0.4 is 10.7 Å². The van der Waals surface area contributed by atoms with Crippen LogP contribution in [0.15, 0.2) is 49.0 Å². The van der Waals surface area contributed by atoms with E-state index < -0.39 is 16.5 Å². The van der Waals surface area contributed by atoms with Gasteiger partial charge in [-0.1, -0.05) is 0 Å². The van der Waals surface area contributed by atoms with Gasteiger partial charge < -0.3 is 13.7 Å². The maximum atomic E-state index is 14.6. The lowest BCUT2D eigenvalue weighted by Gasteiger charge is -2.32. The van der Waals surface area contributed by atoms with Crippen molar-refractivity contribution < 1.29 is 18.1 Å². The van der Waals surface area contributed by atoms with Crippen LogP contribution in [0.5, 0.6) is 0 Å². The van der Waals surface area contributed by atoms with Gasteiger partial charge in [0.15, 0.2) is 5.76 Å². The SMILES string of the molecule is Cn1nc(C2CCN(c3ccc(/N=C/c4ccc([N+](=O)[O-])o4)cc3F)CC2)oc1=O. The summed E-state index contributed by atoms with van der Waals surface area (Å²) in [6.07, 6.45) is 2.68. The fourth-order valence-corrected chi connectivity index (χ4v) is 3.38. The van der Waals surface area contributed by atoms with Crippen LogP contribution in [0.1, 0.15) is 30.4 Å². The molecule has 1 fully saturated rings. The first kappa shape index (κ1) is 19.6. The molecule has 1 saturated heterocycles. The normalized spacial score (nSPS) is 15.2. The molecular weight excluding hydrogens is 397 g/mol. The minimum Gasteiger partial charge on any atom is -0.400 e. The van der Waals surface area contributed by atoms with E-state index in [-0.39, 0.29) is 17.6 Å². The Kier molecular flexibility index (Phi) is 5.17. The molecule has 3 aromatic rings. The Hall–Kier alpha value is -3.76. The molecule has 1 aliphatic heterocycles. The molecule has 30 heavy (non-hydrogen) atoms. The van der Waals surface area contributed by atoms with Crippen molar-refractivity contribution in [3.05, 3.63) is 68.5 Å². The summed E-state index contributed by atoms with van der Waals surface area (Å²) in [5, 5.41) is 14.7. The first-order valence-corrected chi connectivity index (χ1v) is 9.27. The molecule has 3 heterocycles. The molecule has 0 atom stereocenters. The summed E-state index contributed by atoms with van der Waals surface area (Å²) < 4.78 is 26.0. The molecule has 0 radical (unpaired) electrons. The maximum Gasteiger partial charge on any atom is 0.436 e. The molecule has 1 aromatic carbocycles. The molecular formula is C19H18FN5O5. The second-order valence-electron chi connectivity index (χ2n) is 6.92. The fourth-order valence-electron chi connectivity index (χ4n) is 3.38. The van der Waals surface area contributed by atoms with E-state index in [0.29, 0.717) is 43.2 Å². The van der Waals surface area contributed by atoms with Gasteiger partial charge in [-0.15, -0.1) is 5.10 Å². The molecule has 0 aliphatic carbocycles. The van der Waals surface area contributed by atoms with Gasteiger partial charge in [0.1, 0.15) is 10.7 Å². The number of aliphatic imine (C=N–C) groups is 1. The fraction of sp³-hybridized carbons (Fsp3) is 0.316. The van der Waals surface area contributed by atoms with Gasteiger partial charge in [0.2, 0.25) is 5.89 Å². The van der Waals surface area contributed by atoms with Gasteiger partial charge in [-0.3, -0.25) is 15.1 Å². The molecule has 0 unspecified atom stereocenters. The van der Waals surface area contributed by atoms with Crippen LogP contribution in [-0.4, -0.2) is 34.0 Å². The van der Waals surface area contributed by atoms with Crippen molar-refractivity contribution in [3.8, 4) is 0 Å². The van der Waals surface area contributed by atoms with Crippen molar-refractivity contribution in [3.63, 3.8) is 0 Å². The van der Waals surface area contributed by atoms with Crippen molar-refractivity contribution in [2.45, 2.75) is 18.8 Å². The lowest BCUT2D eigenvalue weighted by molar-refractivity contribution is -0.402. The molecule has 4 rings (SSSR count). The average molecular weight is 415 g/mol. The first-order chi connectivity index (χ1) is 14.4. The molecule has 0 spiro atoms. The summed E-state index contributed by atoms with van der Waals surface area (Å²) >= 11 is 0. The monoisotopic (exact) mass is 415 g/mol. The summed E-state index contributed by atoms with van der Waals surface area (Å²) in [4.78, 5) is 27.5. The smallest absolute Gasteiger partial charge is 0.400 e. The molecule has 11 heteroatoms. The topological polar surface area (TPSA) is 120 Å². The van der Waals surface area contributed by atoms with Gasteiger partial charge in [-0.05, 0) is 31.0 Å². The Balaban J connectivity index is 1.41. The van der Waals surface area contributed by atoms with Gasteiger partial charge in [0.05, 0.1) is 23.7 Å². The number of aromatic nitrogens is 2. The molecule has 0 bridgehead atoms. The quantitative estimate of drug-likeness (QED) is 0.357. The molecule has 10 nitrogen and oxygen atoms in total. The Bertz CT molecular complexity index is 1160. The number of aryl methyl sites for hydroxylation is 1. The highest BCUT2D eigenvalue weighted by atomic mass is 19.1. The van der Waals surface area contributed by atoms with E-state index in [1.807, 2.05) is 4.90 Å². The minimum atomic E-state index is -0.642. The number of hydrogen-bond donors (Lipinski definition) is 0. The third-order valence-corrected chi connectivity index (χ3v) is 4.95. The van der Waals surface area contributed by atoms with E-state index in [4.69, 9.17) is 8.83 Å². The van der Waals surface area contributed by atoms with E-state index in [1.165, 1.54) is 36.1 Å². The van der Waals surface area contributed by atoms with Crippen molar-refractivity contribution >= 4 is 23.5 Å². The molecule has 2 aromatic heterocycles. The molecule has 0 N–H and O–H groups in total. The van der Waals surface area contributed by atoms with Crippen molar-refractivity contribution in [2.75, 3.05) is 18.0 Å². The molecule has 0 saturated carbocycles. The zero-order valence-corrected chi connectivity index (χ0v) is 16.0. The minimum absolute atomic E-state index is 0.0273. The first-order valence-electron chi connectivity index (χ1n) is 9.27. The summed E-state index contributed by atoms with van der Waals surface area (Å²) in [5.41, 5.74) is 0.823. The van der Waals surface area contributed by atoms with Crippen LogP contribution in [0.3, 0.4) is 0 Å². The third-order valence-electron chi connectivity index (χ3n) is 4.95. The number of rotatable bonds is 5. The number of furan rings is 1. The van der Waals surface area contributed by atoms with E-state index in [2.05, 4.69) is 10.1 Å². The highest BCUT2D eigenvalue weighted by molar-refractivity contribution is 5.79. The zero-order valence-electron chi connectivity index (χ0n) is 16.0. The van der Waals surface area contributed by atoms with Gasteiger partial charge >= 0.3 is 11.6 Å². The Morgan fingerprint density at radius 2 is 2.03 bits per heavy atom. The summed E-state index contributed by atoms with van der Waals surface area (Å²) in [7, 11) is 1.54. The van der Waals surface area contributed by atoms with E-state index in [0.717, 1.165) is 0 Å². The van der Waals surface area contributed by atoms with Crippen molar-refractivity contribution in [1.29, 1.82) is 0 Å². The number of piperidine rings is 1. The predicted molar refractivity (Wildman–Crippen MR) is 105 cm³/mol. The Morgan fingerprint density at radius 3 is 2.63 bits per heavy atom. The van der Waals surface area contributed by atoms with Crippen LogP contribution >= 0.6 is 0 Å². The number of anilines is 1. The number of nitro groups is 1. The predicted octanol–water partition coefficient (Wildman–Crippen LogP) is 3.15. The molecule has 0 amide bonds. The maximum absolute atomic E-state index is 14.6. The van der Waals surface area contributed by atoms with E-state index in [9.17, 15) is 19.3 Å². The van der Waals surface area contributed by atoms with Crippen LogP contribution in [0.25, 0.3) is 0 Å². The van der Waals surface area contributed by atoms with Gasteiger partial charge in [0, 0.05) is 32.1 Å². The van der Waals surface area contributed by atoms with E-state index in [1.54, 1.807) is 12.1 Å². The number of halogens is 1. The highest BCUT2D eigenvalue weighted by Crippen LogP contribution is 2.31. The largest absolute Gasteiger partial charge is 0.436 e. The summed E-state index contributed by atoms with van der Waals surface area (Å²) in [6.45, 7) is 1.20. The van der Waals surface area contributed by atoms with Crippen LogP contribution in [-0.2, 0) is 7.05 Å². The van der Waals surface area contributed by atoms with Crippen LogP contribution in [0.4, 0.5) is 21.6 Å². The number of nitrogens with zero attached hydrogens (tertiary/aromatic N) is 5. The number of benzene rings is 1. The molecule has 156 valence electrons. The standard InChI is InChI=1S/C19H18FN5O5/c1-23-19(26)30-18(22-23)12-6-8-24(9-7-12)16-4-2-13(10-15(16)20)21-11-14-3-5-17(29-14)25(27)28/h2-5,10-12H,6-9H2,1H3/b21-11+. The Morgan fingerprint density at radius 1 is 1.27 bits per heavy atom. The van der Waals surface area contributed by atoms with Crippen molar-refractivity contribution in [2.24, 2.45) is 12.0 Å². The zero-order chi connectivity index (χ0) is 21.3. The lowest BCUT2D eigenvalue weighted by atomic mass is 9.96. The van der Waals surface area contributed by atoms with Crippen LogP contribution in [0.2, 0.25) is 0 Å². The second kappa shape index (κ2) is 7.93. The van der Waals surface area contributed by atoms with E-state index >= 15 is 0 Å². The van der Waals surface area contributed by atoms with Gasteiger partial charge in [0.25, 0.3) is 0 Å². The average Bonchev–Trinajstić information content (AvgIpc) is 3.34.